The lowest BCUT2D eigenvalue weighted by Crippen LogP contribution is -1.79. The molecule has 0 spiro atoms. The summed E-state index contributed by atoms with van der Waals surface area (Å²) in [6.07, 6.45) is 2.04. The van der Waals surface area contributed by atoms with E-state index in [9.17, 15) is 4.79 Å². The van der Waals surface area contributed by atoms with E-state index in [0.717, 1.165) is 0 Å². The van der Waals surface area contributed by atoms with E-state index in [1.807, 2.05) is 30.3 Å². The van der Waals surface area contributed by atoms with Crippen LogP contribution in [-0.2, 0) is 0 Å². The van der Waals surface area contributed by atoms with Crippen LogP contribution in [-0.4, -0.2) is 6.29 Å². The van der Waals surface area contributed by atoms with Crippen LogP contribution in [0.2, 0.25) is 0 Å². The fraction of sp³-hybridized carbons (Fsp3) is 0. The number of para-hydroxylation sites is 1. The highest BCUT2D eigenvalue weighted by molar-refractivity contribution is 5.71. The Morgan fingerprint density at radius 3 is 2.57 bits per heavy atom. The minimum absolute atomic E-state index is 0.260. The van der Waals surface area contributed by atoms with Crippen molar-refractivity contribution in [2.45, 2.75) is 0 Å². The average Bonchev–Trinajstić information content (AvgIpc) is 2.67. The quantitative estimate of drug-likeness (QED) is 0.695. The maximum Gasteiger partial charge on any atom is 0.185 e. The first-order chi connectivity index (χ1) is 6.88. The Kier molecular flexibility index (Phi) is 2.32. The topological polar surface area (TPSA) is 39.4 Å². The van der Waals surface area contributed by atoms with Gasteiger partial charge < -0.3 is 9.15 Å². The lowest BCUT2D eigenvalue weighted by atomic mass is 10.3. The van der Waals surface area contributed by atoms with Crippen LogP contribution in [0.25, 0.3) is 0 Å². The molecule has 2 aromatic rings. The second-order valence-corrected chi connectivity index (χ2v) is 2.72. The zero-order valence-electron chi connectivity index (χ0n) is 7.34. The zero-order chi connectivity index (χ0) is 9.80. The van der Waals surface area contributed by atoms with E-state index in [2.05, 4.69) is 0 Å². The summed E-state index contributed by atoms with van der Waals surface area (Å²) in [5.74, 6) is 1.50. The minimum atomic E-state index is 0.260. The molecule has 0 radical (unpaired) electrons. The van der Waals surface area contributed by atoms with Crippen LogP contribution in [0.5, 0.6) is 11.5 Å². The van der Waals surface area contributed by atoms with E-state index < -0.39 is 0 Å². The zero-order valence-corrected chi connectivity index (χ0v) is 7.34. The van der Waals surface area contributed by atoms with Gasteiger partial charge in [0, 0.05) is 6.07 Å². The fourth-order valence-electron chi connectivity index (χ4n) is 1.07. The number of furan rings is 1. The minimum Gasteiger partial charge on any atom is -0.458 e. The van der Waals surface area contributed by atoms with E-state index in [4.69, 9.17) is 9.15 Å². The molecule has 0 saturated carbocycles. The lowest BCUT2D eigenvalue weighted by molar-refractivity contribution is 0.110. The van der Waals surface area contributed by atoms with Crippen molar-refractivity contribution in [2.24, 2.45) is 0 Å². The summed E-state index contributed by atoms with van der Waals surface area (Å²) >= 11 is 0. The molecule has 3 heteroatoms. The van der Waals surface area contributed by atoms with Gasteiger partial charge in [-0.2, -0.15) is 0 Å². The Labute approximate surface area is 80.9 Å². The van der Waals surface area contributed by atoms with E-state index in [1.165, 1.54) is 6.26 Å². The van der Waals surface area contributed by atoms with Crippen LogP contribution in [0.1, 0.15) is 10.6 Å². The summed E-state index contributed by atoms with van der Waals surface area (Å²) in [5.41, 5.74) is 0. The van der Waals surface area contributed by atoms with Crippen LogP contribution < -0.4 is 4.74 Å². The summed E-state index contributed by atoms with van der Waals surface area (Å²) in [6, 6.07) is 10.8. The fourth-order valence-corrected chi connectivity index (χ4v) is 1.07. The van der Waals surface area contributed by atoms with E-state index >= 15 is 0 Å². The molecular weight excluding hydrogens is 180 g/mol. The second kappa shape index (κ2) is 3.79. The molecule has 3 nitrogen and oxygen atoms in total. The first kappa shape index (κ1) is 8.56. The van der Waals surface area contributed by atoms with Crippen molar-refractivity contribution >= 4 is 6.29 Å². The largest absolute Gasteiger partial charge is 0.458 e. The number of aldehydes is 1. The third kappa shape index (κ3) is 1.82. The van der Waals surface area contributed by atoms with Gasteiger partial charge >= 0.3 is 0 Å². The highest BCUT2D eigenvalue weighted by Gasteiger charge is 2.01. The second-order valence-electron chi connectivity index (χ2n) is 2.72. The normalized spacial score (nSPS) is 9.71. The standard InChI is InChI=1S/C11H8O3/c12-7-10-6-11(8-13-10)14-9-4-2-1-3-5-9/h1-8H. The SMILES string of the molecule is O=Cc1cc(Oc2ccccc2)co1. The number of rotatable bonds is 3. The third-order valence-corrected chi connectivity index (χ3v) is 1.69. The molecular formula is C11H8O3. The molecule has 0 fully saturated rings. The van der Waals surface area contributed by atoms with Gasteiger partial charge in [-0.05, 0) is 12.1 Å². The number of ether oxygens (including phenoxy) is 1. The predicted octanol–water partition coefficient (Wildman–Crippen LogP) is 2.88. The van der Waals surface area contributed by atoms with Gasteiger partial charge in [-0.3, -0.25) is 4.79 Å². The van der Waals surface area contributed by atoms with Crippen LogP contribution in [0, 0.1) is 0 Å². The smallest absolute Gasteiger partial charge is 0.185 e. The molecule has 0 bridgehead atoms. The first-order valence-corrected chi connectivity index (χ1v) is 4.15. The van der Waals surface area contributed by atoms with Gasteiger partial charge in [-0.25, -0.2) is 0 Å². The molecule has 0 aliphatic heterocycles. The van der Waals surface area contributed by atoms with Crippen LogP contribution >= 0.6 is 0 Å². The van der Waals surface area contributed by atoms with Gasteiger partial charge in [0.15, 0.2) is 17.8 Å². The van der Waals surface area contributed by atoms with Gasteiger partial charge in [0.1, 0.15) is 12.0 Å². The molecule has 2 rings (SSSR count). The molecule has 0 saturated heterocycles. The molecule has 1 aromatic carbocycles. The molecule has 0 aliphatic carbocycles. The monoisotopic (exact) mass is 188 g/mol. The van der Waals surface area contributed by atoms with Gasteiger partial charge in [0.05, 0.1) is 0 Å². The van der Waals surface area contributed by atoms with Crippen molar-refractivity contribution in [1.29, 1.82) is 0 Å². The number of hydrogen-bond acceptors (Lipinski definition) is 3. The van der Waals surface area contributed by atoms with Crippen molar-refractivity contribution < 1.29 is 13.9 Å². The van der Waals surface area contributed by atoms with E-state index in [1.54, 1.807) is 6.07 Å². The van der Waals surface area contributed by atoms with Gasteiger partial charge in [0.2, 0.25) is 0 Å². The molecule has 0 atom stereocenters. The summed E-state index contributed by atoms with van der Waals surface area (Å²) in [7, 11) is 0. The molecule has 0 aliphatic rings. The Balaban J connectivity index is 2.15. The summed E-state index contributed by atoms with van der Waals surface area (Å²) in [4.78, 5) is 10.3. The van der Waals surface area contributed by atoms with Crippen molar-refractivity contribution in [3.8, 4) is 11.5 Å². The summed E-state index contributed by atoms with van der Waals surface area (Å²) in [6.45, 7) is 0. The molecule has 14 heavy (non-hydrogen) atoms. The summed E-state index contributed by atoms with van der Waals surface area (Å²) in [5, 5.41) is 0. The van der Waals surface area contributed by atoms with Gasteiger partial charge in [0.25, 0.3) is 0 Å². The molecule has 70 valence electrons. The molecule has 1 aromatic heterocycles. The average molecular weight is 188 g/mol. The van der Waals surface area contributed by atoms with E-state index in [-0.39, 0.29) is 5.76 Å². The number of hydrogen-bond donors (Lipinski definition) is 0. The molecule has 0 unspecified atom stereocenters. The van der Waals surface area contributed by atoms with Crippen LogP contribution in [0.15, 0.2) is 47.1 Å². The molecule has 0 amide bonds. The van der Waals surface area contributed by atoms with Crippen molar-refractivity contribution in [1.82, 2.24) is 0 Å². The summed E-state index contributed by atoms with van der Waals surface area (Å²) < 4.78 is 10.3. The molecule has 1 heterocycles. The Bertz CT molecular complexity index is 417. The maximum absolute atomic E-state index is 10.3. The molecule has 0 N–H and O–H groups in total. The van der Waals surface area contributed by atoms with Crippen molar-refractivity contribution in [2.75, 3.05) is 0 Å². The number of benzene rings is 1. The number of carbonyl (C=O) groups excluding carboxylic acids is 1. The lowest BCUT2D eigenvalue weighted by Gasteiger charge is -1.99. The predicted molar refractivity (Wildman–Crippen MR) is 50.6 cm³/mol. The highest BCUT2D eigenvalue weighted by Crippen LogP contribution is 2.22. The van der Waals surface area contributed by atoms with Crippen molar-refractivity contribution in [3.63, 3.8) is 0 Å². The van der Waals surface area contributed by atoms with Crippen LogP contribution in [0.4, 0.5) is 0 Å². The third-order valence-electron chi connectivity index (χ3n) is 1.69. The van der Waals surface area contributed by atoms with E-state index in [0.29, 0.717) is 17.8 Å². The Morgan fingerprint density at radius 1 is 1.14 bits per heavy atom. The van der Waals surface area contributed by atoms with Gasteiger partial charge in [-0.1, -0.05) is 18.2 Å². The maximum atomic E-state index is 10.3. The van der Waals surface area contributed by atoms with Crippen LogP contribution in [0.3, 0.4) is 0 Å². The van der Waals surface area contributed by atoms with Gasteiger partial charge in [-0.15, -0.1) is 0 Å². The van der Waals surface area contributed by atoms with Crippen molar-refractivity contribution in [3.05, 3.63) is 48.4 Å². The number of carbonyl (C=O) groups is 1. The highest BCUT2D eigenvalue weighted by atomic mass is 16.5. The Morgan fingerprint density at radius 2 is 1.93 bits per heavy atom. The first-order valence-electron chi connectivity index (χ1n) is 4.15. The Hall–Kier alpha value is -2.03.